The highest BCUT2D eigenvalue weighted by molar-refractivity contribution is 7.88. The van der Waals surface area contributed by atoms with Gasteiger partial charge in [-0.25, -0.2) is 27.3 Å². The molecule has 3 N–H and O–H groups in total. The number of nitrogens with zero attached hydrogens (tertiary/aromatic N) is 3. The Bertz CT molecular complexity index is 1200. The quantitative estimate of drug-likeness (QED) is 0.465. The molecule has 0 saturated carbocycles. The Balaban J connectivity index is 0.000000301. The maximum atomic E-state index is 11.8. The van der Waals surface area contributed by atoms with E-state index < -0.39 is 34.3 Å². The van der Waals surface area contributed by atoms with Crippen LogP contribution in [0.15, 0.2) is 36.5 Å². The molecule has 1 saturated heterocycles. The van der Waals surface area contributed by atoms with Crippen LogP contribution in [-0.4, -0.2) is 82.7 Å². The number of benzene rings is 1. The number of nitrogens with one attached hydrogen (secondary N) is 1. The molecule has 0 amide bonds. The van der Waals surface area contributed by atoms with Gasteiger partial charge in [-0.1, -0.05) is 30.3 Å². The second-order valence-corrected chi connectivity index (χ2v) is 10.2. The highest BCUT2D eigenvalue weighted by atomic mass is 32.2. The third-order valence-electron chi connectivity index (χ3n) is 5.68. The maximum absolute atomic E-state index is 11.8. The number of carboxylic acid groups (broad SMARTS) is 2. The third-order valence-corrected chi connectivity index (χ3v) is 6.99. The van der Waals surface area contributed by atoms with E-state index in [1.165, 1.54) is 11.8 Å². The molecular formula is C21H24F6N4O6S. The van der Waals surface area contributed by atoms with Crippen LogP contribution in [0.1, 0.15) is 18.7 Å². The van der Waals surface area contributed by atoms with Crippen LogP contribution in [-0.2, 0) is 31.7 Å². The van der Waals surface area contributed by atoms with E-state index in [-0.39, 0.29) is 5.54 Å². The summed E-state index contributed by atoms with van der Waals surface area (Å²) < 4.78 is 90.9. The van der Waals surface area contributed by atoms with Gasteiger partial charge in [0, 0.05) is 26.2 Å². The molecule has 212 valence electrons. The monoisotopic (exact) mass is 574 g/mol. The molecule has 17 heteroatoms. The largest absolute Gasteiger partial charge is 0.490 e. The first-order valence-corrected chi connectivity index (χ1v) is 12.6. The molecule has 2 aliphatic rings. The van der Waals surface area contributed by atoms with Gasteiger partial charge < -0.3 is 20.1 Å². The molecule has 0 aliphatic carbocycles. The Hall–Kier alpha value is -3.18. The maximum Gasteiger partial charge on any atom is 0.490 e. The zero-order valence-electron chi connectivity index (χ0n) is 19.8. The van der Waals surface area contributed by atoms with Gasteiger partial charge in [-0.2, -0.15) is 26.3 Å². The number of piperidine rings is 1. The number of hydrogen-bond acceptors (Lipinski definition) is 6. The lowest BCUT2D eigenvalue weighted by atomic mass is 9.86. The summed E-state index contributed by atoms with van der Waals surface area (Å²) in [6, 6.07) is 10.3. The highest BCUT2D eigenvalue weighted by Crippen LogP contribution is 2.37. The van der Waals surface area contributed by atoms with Gasteiger partial charge in [0.15, 0.2) is 0 Å². The van der Waals surface area contributed by atoms with E-state index in [9.17, 15) is 34.8 Å². The first kappa shape index (κ1) is 31.0. The van der Waals surface area contributed by atoms with E-state index in [0.29, 0.717) is 13.1 Å². The molecule has 10 nitrogen and oxygen atoms in total. The molecule has 1 fully saturated rings. The van der Waals surface area contributed by atoms with Crippen molar-refractivity contribution in [1.29, 1.82) is 0 Å². The van der Waals surface area contributed by atoms with Crippen molar-refractivity contribution in [3.63, 3.8) is 0 Å². The van der Waals surface area contributed by atoms with Gasteiger partial charge in [0.25, 0.3) is 0 Å². The number of fused-ring (bicyclic) bond motifs is 2. The number of aliphatic carboxylic acids is 2. The standard InChI is InChI=1S/C17H22N4O2S.2C2HF3O2/c1-24(22,23)20-10-7-17(8-11-20)16-18-13-15(21(16)12-9-19-17)14-5-3-2-4-6-14;2*3-2(4,5)1(6)7/h2-6,13,19H,7-12H2,1H3;2*(H,6,7). The van der Waals surface area contributed by atoms with Gasteiger partial charge in [0.05, 0.1) is 23.7 Å². The van der Waals surface area contributed by atoms with Crippen molar-refractivity contribution < 1.29 is 54.6 Å². The van der Waals surface area contributed by atoms with Crippen molar-refractivity contribution in [2.24, 2.45) is 0 Å². The average molecular weight is 575 g/mol. The molecule has 0 bridgehead atoms. The summed E-state index contributed by atoms with van der Waals surface area (Å²) in [7, 11) is -3.12. The van der Waals surface area contributed by atoms with Crippen molar-refractivity contribution in [1.82, 2.24) is 19.2 Å². The number of imidazole rings is 1. The molecule has 1 aromatic carbocycles. The van der Waals surface area contributed by atoms with Crippen LogP contribution in [0.4, 0.5) is 26.3 Å². The van der Waals surface area contributed by atoms with E-state index >= 15 is 0 Å². The lowest BCUT2D eigenvalue weighted by Gasteiger charge is -2.44. The van der Waals surface area contributed by atoms with Crippen LogP contribution < -0.4 is 5.32 Å². The number of aromatic nitrogens is 2. The fourth-order valence-electron chi connectivity index (χ4n) is 3.91. The third kappa shape index (κ3) is 7.91. The molecule has 1 spiro atoms. The van der Waals surface area contributed by atoms with Gasteiger partial charge in [-0.05, 0) is 18.4 Å². The molecule has 4 rings (SSSR count). The molecule has 0 unspecified atom stereocenters. The molecular weight excluding hydrogens is 550 g/mol. The van der Waals surface area contributed by atoms with Gasteiger partial charge in [0.1, 0.15) is 5.82 Å². The number of rotatable bonds is 2. The number of carboxylic acids is 2. The smallest absolute Gasteiger partial charge is 0.475 e. The Morgan fingerprint density at radius 2 is 1.42 bits per heavy atom. The summed E-state index contributed by atoms with van der Waals surface area (Å²) in [4.78, 5) is 22.5. The number of carbonyl (C=O) groups is 2. The van der Waals surface area contributed by atoms with E-state index in [1.54, 1.807) is 4.31 Å². The Morgan fingerprint density at radius 1 is 0.947 bits per heavy atom. The number of halogens is 6. The number of sulfonamides is 1. The molecule has 2 aliphatic heterocycles. The molecule has 0 radical (unpaired) electrons. The fraction of sp³-hybridized carbons (Fsp3) is 0.476. The van der Waals surface area contributed by atoms with Gasteiger partial charge in [-0.15, -0.1) is 0 Å². The lowest BCUT2D eigenvalue weighted by Crippen LogP contribution is -2.56. The summed E-state index contributed by atoms with van der Waals surface area (Å²) in [5.74, 6) is -4.47. The van der Waals surface area contributed by atoms with Crippen molar-refractivity contribution in [2.75, 3.05) is 25.9 Å². The van der Waals surface area contributed by atoms with Gasteiger partial charge in [0.2, 0.25) is 10.0 Å². The van der Waals surface area contributed by atoms with Crippen LogP contribution in [0.5, 0.6) is 0 Å². The first-order chi connectivity index (χ1) is 17.4. The zero-order valence-corrected chi connectivity index (χ0v) is 20.6. The SMILES string of the molecule is CS(=O)(=O)N1CCC2(CC1)NCCn1c(-c3ccccc3)cnc12.O=C(O)C(F)(F)F.O=C(O)C(F)(F)F. The van der Waals surface area contributed by atoms with E-state index in [1.807, 2.05) is 24.4 Å². The zero-order chi connectivity index (χ0) is 28.9. The minimum atomic E-state index is -5.08. The second kappa shape index (κ2) is 11.7. The highest BCUT2D eigenvalue weighted by Gasteiger charge is 2.43. The normalized spacial score (nSPS) is 17.3. The lowest BCUT2D eigenvalue weighted by molar-refractivity contribution is -0.193. The second-order valence-electron chi connectivity index (χ2n) is 8.26. The summed E-state index contributed by atoms with van der Waals surface area (Å²) in [6.07, 6.45) is -5.42. The first-order valence-electron chi connectivity index (χ1n) is 10.8. The fourth-order valence-corrected chi connectivity index (χ4v) is 4.76. The Labute approximate surface area is 212 Å². The summed E-state index contributed by atoms with van der Waals surface area (Å²) >= 11 is 0. The topological polar surface area (TPSA) is 142 Å². The van der Waals surface area contributed by atoms with E-state index in [2.05, 4.69) is 22.0 Å². The predicted octanol–water partition coefficient (Wildman–Crippen LogP) is 2.67. The van der Waals surface area contributed by atoms with Crippen LogP contribution in [0.25, 0.3) is 11.3 Å². The molecule has 3 heterocycles. The molecule has 1 aromatic heterocycles. The minimum Gasteiger partial charge on any atom is -0.475 e. The van der Waals surface area contributed by atoms with Gasteiger partial charge in [-0.3, -0.25) is 0 Å². The van der Waals surface area contributed by atoms with Crippen LogP contribution in [0, 0.1) is 0 Å². The van der Waals surface area contributed by atoms with Crippen molar-refractivity contribution >= 4 is 22.0 Å². The van der Waals surface area contributed by atoms with Gasteiger partial charge >= 0.3 is 24.3 Å². The minimum absolute atomic E-state index is 0.216. The molecule has 38 heavy (non-hydrogen) atoms. The number of hydrogen-bond donors (Lipinski definition) is 3. The van der Waals surface area contributed by atoms with Crippen molar-refractivity contribution in [3.8, 4) is 11.3 Å². The van der Waals surface area contributed by atoms with E-state index in [0.717, 1.165) is 37.4 Å². The summed E-state index contributed by atoms with van der Waals surface area (Å²) in [5, 5.41) is 17.9. The molecule has 0 atom stereocenters. The van der Waals surface area contributed by atoms with Crippen molar-refractivity contribution in [3.05, 3.63) is 42.4 Å². The predicted molar refractivity (Wildman–Crippen MR) is 120 cm³/mol. The summed E-state index contributed by atoms with van der Waals surface area (Å²) in [6.45, 7) is 2.85. The van der Waals surface area contributed by atoms with Crippen LogP contribution >= 0.6 is 0 Å². The summed E-state index contributed by atoms with van der Waals surface area (Å²) in [5.41, 5.74) is 2.09. The average Bonchev–Trinajstić information content (AvgIpc) is 3.25. The van der Waals surface area contributed by atoms with Crippen molar-refractivity contribution in [2.45, 2.75) is 37.3 Å². The van der Waals surface area contributed by atoms with Crippen LogP contribution in [0.3, 0.4) is 0 Å². The Kier molecular flexibility index (Phi) is 9.55. The van der Waals surface area contributed by atoms with Crippen LogP contribution in [0.2, 0.25) is 0 Å². The Morgan fingerprint density at radius 3 is 1.84 bits per heavy atom. The number of alkyl halides is 6. The molecule has 2 aromatic rings. The van der Waals surface area contributed by atoms with E-state index in [4.69, 9.17) is 24.8 Å².